The number of benzene rings is 1. The quantitative estimate of drug-likeness (QED) is 0.560. The molecule has 0 saturated heterocycles. The van der Waals surface area contributed by atoms with Gasteiger partial charge in [0.25, 0.3) is 5.91 Å². The maximum atomic E-state index is 12.1. The molecule has 25 heavy (non-hydrogen) atoms. The summed E-state index contributed by atoms with van der Waals surface area (Å²) < 4.78 is 10.0. The lowest BCUT2D eigenvalue weighted by Crippen LogP contribution is -2.31. The van der Waals surface area contributed by atoms with Crippen LogP contribution in [0.3, 0.4) is 0 Å². The standard InChI is InChI=1S/C18H15NO5S/c1-11(15-7-4-8-25-15)19-16(20)10-23-17(21)13-9-12-5-2-3-6-14(12)24-18(13)22/h2-9,11H,10H2,1H3,(H,19,20)/t11-/m1/s1. The lowest BCUT2D eigenvalue weighted by atomic mass is 10.2. The van der Waals surface area contributed by atoms with E-state index in [0.29, 0.717) is 11.0 Å². The van der Waals surface area contributed by atoms with Crippen molar-refractivity contribution >= 4 is 34.2 Å². The summed E-state index contributed by atoms with van der Waals surface area (Å²) in [6, 6.07) is 11.8. The molecular weight excluding hydrogens is 342 g/mol. The summed E-state index contributed by atoms with van der Waals surface area (Å²) in [6.07, 6.45) is 0. The second-order valence-corrected chi connectivity index (χ2v) is 6.35. The van der Waals surface area contributed by atoms with E-state index in [1.807, 2.05) is 24.4 Å². The molecule has 1 N–H and O–H groups in total. The molecule has 2 heterocycles. The van der Waals surface area contributed by atoms with Crippen LogP contribution < -0.4 is 10.9 Å². The average molecular weight is 357 g/mol. The summed E-state index contributed by atoms with van der Waals surface area (Å²) in [5.74, 6) is -1.34. The molecule has 3 aromatic rings. The van der Waals surface area contributed by atoms with Crippen LogP contribution in [0.2, 0.25) is 0 Å². The highest BCUT2D eigenvalue weighted by Gasteiger charge is 2.17. The number of ether oxygens (including phenoxy) is 1. The van der Waals surface area contributed by atoms with Gasteiger partial charge in [-0.05, 0) is 30.5 Å². The van der Waals surface area contributed by atoms with Crippen molar-refractivity contribution in [3.8, 4) is 0 Å². The van der Waals surface area contributed by atoms with E-state index in [1.54, 1.807) is 24.3 Å². The number of hydrogen-bond donors (Lipinski definition) is 1. The number of carbonyl (C=O) groups is 2. The fourth-order valence-electron chi connectivity index (χ4n) is 2.31. The number of thiophene rings is 1. The van der Waals surface area contributed by atoms with Crippen LogP contribution in [-0.4, -0.2) is 18.5 Å². The minimum absolute atomic E-state index is 0.183. The third-order valence-corrected chi connectivity index (χ3v) is 4.60. The molecule has 0 fully saturated rings. The maximum Gasteiger partial charge on any atom is 0.351 e. The Morgan fingerprint density at radius 1 is 1.24 bits per heavy atom. The first kappa shape index (κ1) is 16.9. The molecule has 7 heteroatoms. The van der Waals surface area contributed by atoms with Gasteiger partial charge in [0.15, 0.2) is 6.61 Å². The molecule has 1 amide bonds. The Morgan fingerprint density at radius 2 is 2.04 bits per heavy atom. The topological polar surface area (TPSA) is 85.6 Å². The Hall–Kier alpha value is -2.93. The van der Waals surface area contributed by atoms with Gasteiger partial charge in [-0.2, -0.15) is 0 Å². The van der Waals surface area contributed by atoms with E-state index in [-0.39, 0.29) is 11.6 Å². The monoisotopic (exact) mass is 357 g/mol. The molecule has 0 bridgehead atoms. The third-order valence-electron chi connectivity index (χ3n) is 3.54. The van der Waals surface area contributed by atoms with Crippen molar-refractivity contribution in [2.75, 3.05) is 6.61 Å². The van der Waals surface area contributed by atoms with Gasteiger partial charge >= 0.3 is 11.6 Å². The average Bonchev–Trinajstić information content (AvgIpc) is 3.14. The van der Waals surface area contributed by atoms with Crippen molar-refractivity contribution in [2.45, 2.75) is 13.0 Å². The van der Waals surface area contributed by atoms with Gasteiger partial charge in [-0.25, -0.2) is 9.59 Å². The van der Waals surface area contributed by atoms with Crippen molar-refractivity contribution in [3.63, 3.8) is 0 Å². The molecule has 0 radical (unpaired) electrons. The molecule has 0 aliphatic rings. The Bertz CT molecular complexity index is 961. The van der Waals surface area contributed by atoms with E-state index >= 15 is 0 Å². The maximum absolute atomic E-state index is 12.1. The molecule has 2 aromatic heterocycles. The van der Waals surface area contributed by atoms with E-state index in [9.17, 15) is 14.4 Å². The zero-order valence-corrected chi connectivity index (χ0v) is 14.2. The largest absolute Gasteiger partial charge is 0.452 e. The highest BCUT2D eigenvalue weighted by atomic mass is 32.1. The van der Waals surface area contributed by atoms with Crippen LogP contribution in [0, 0.1) is 0 Å². The number of fused-ring (bicyclic) bond motifs is 1. The first-order chi connectivity index (χ1) is 12.0. The van der Waals surface area contributed by atoms with Gasteiger partial charge < -0.3 is 14.5 Å². The van der Waals surface area contributed by atoms with Crippen molar-refractivity contribution < 1.29 is 18.7 Å². The number of esters is 1. The third kappa shape index (κ3) is 3.95. The Morgan fingerprint density at radius 3 is 2.80 bits per heavy atom. The summed E-state index contributed by atoms with van der Waals surface area (Å²) in [4.78, 5) is 36.8. The number of nitrogens with one attached hydrogen (secondary N) is 1. The van der Waals surface area contributed by atoms with E-state index < -0.39 is 24.1 Å². The molecule has 0 unspecified atom stereocenters. The summed E-state index contributed by atoms with van der Waals surface area (Å²) in [6.45, 7) is 1.37. The molecule has 0 aliphatic heterocycles. The van der Waals surface area contributed by atoms with Gasteiger partial charge in [0.05, 0.1) is 6.04 Å². The Kier molecular flexibility index (Phi) is 4.95. The van der Waals surface area contributed by atoms with Gasteiger partial charge in [-0.15, -0.1) is 11.3 Å². The predicted molar refractivity (Wildman–Crippen MR) is 93.6 cm³/mol. The van der Waals surface area contributed by atoms with E-state index in [4.69, 9.17) is 9.15 Å². The van der Waals surface area contributed by atoms with Crippen molar-refractivity contribution in [2.24, 2.45) is 0 Å². The van der Waals surface area contributed by atoms with Crippen LogP contribution >= 0.6 is 11.3 Å². The summed E-state index contributed by atoms with van der Waals surface area (Å²) >= 11 is 1.52. The summed E-state index contributed by atoms with van der Waals surface area (Å²) in [5, 5.41) is 5.24. The minimum Gasteiger partial charge on any atom is -0.452 e. The van der Waals surface area contributed by atoms with Gasteiger partial charge in [0, 0.05) is 10.3 Å². The molecule has 3 rings (SSSR count). The summed E-state index contributed by atoms with van der Waals surface area (Å²) in [7, 11) is 0. The zero-order chi connectivity index (χ0) is 17.8. The predicted octanol–water partition coefficient (Wildman–Crippen LogP) is 2.89. The molecule has 1 atom stereocenters. The number of para-hydroxylation sites is 1. The fourth-order valence-corrected chi connectivity index (χ4v) is 3.04. The van der Waals surface area contributed by atoms with Crippen molar-refractivity contribution in [1.29, 1.82) is 0 Å². The highest BCUT2D eigenvalue weighted by molar-refractivity contribution is 7.10. The molecule has 0 saturated carbocycles. The first-order valence-corrected chi connectivity index (χ1v) is 8.45. The van der Waals surface area contributed by atoms with Crippen LogP contribution in [0.15, 0.2) is 57.1 Å². The number of amides is 1. The van der Waals surface area contributed by atoms with Crippen molar-refractivity contribution in [1.82, 2.24) is 5.32 Å². The second kappa shape index (κ2) is 7.31. The van der Waals surface area contributed by atoms with Crippen molar-refractivity contribution in [3.05, 3.63) is 68.7 Å². The highest BCUT2D eigenvalue weighted by Crippen LogP contribution is 2.18. The second-order valence-electron chi connectivity index (χ2n) is 5.37. The van der Waals surface area contributed by atoms with E-state index in [0.717, 1.165) is 4.88 Å². The van der Waals surface area contributed by atoms with Gasteiger partial charge in [-0.1, -0.05) is 24.3 Å². The van der Waals surface area contributed by atoms with Crippen LogP contribution in [0.25, 0.3) is 11.0 Å². The SMILES string of the molecule is C[C@@H](NC(=O)COC(=O)c1cc2ccccc2oc1=O)c1cccs1. The molecule has 128 valence electrons. The number of carbonyl (C=O) groups excluding carboxylic acids is 2. The first-order valence-electron chi connectivity index (χ1n) is 7.57. The van der Waals surface area contributed by atoms with E-state index in [1.165, 1.54) is 17.4 Å². The molecule has 6 nitrogen and oxygen atoms in total. The van der Waals surface area contributed by atoms with Crippen LogP contribution in [0.5, 0.6) is 0 Å². The summed E-state index contributed by atoms with van der Waals surface area (Å²) in [5.41, 5.74) is -0.652. The molecule has 0 aliphatic carbocycles. The lowest BCUT2D eigenvalue weighted by Gasteiger charge is -2.12. The van der Waals surface area contributed by atoms with Crippen LogP contribution in [0.1, 0.15) is 28.2 Å². The van der Waals surface area contributed by atoms with Crippen LogP contribution in [0.4, 0.5) is 0 Å². The van der Waals surface area contributed by atoms with Gasteiger partial charge in [0.1, 0.15) is 11.1 Å². The van der Waals surface area contributed by atoms with E-state index in [2.05, 4.69) is 5.32 Å². The number of rotatable bonds is 5. The molecule has 0 spiro atoms. The van der Waals surface area contributed by atoms with Gasteiger partial charge in [-0.3, -0.25) is 4.79 Å². The zero-order valence-electron chi connectivity index (χ0n) is 13.4. The minimum atomic E-state index is -0.890. The number of hydrogen-bond acceptors (Lipinski definition) is 6. The Balaban J connectivity index is 1.63. The molecular formula is C18H15NO5S. The smallest absolute Gasteiger partial charge is 0.351 e. The molecule has 1 aromatic carbocycles. The lowest BCUT2D eigenvalue weighted by molar-refractivity contribution is -0.124. The van der Waals surface area contributed by atoms with Crippen LogP contribution in [-0.2, 0) is 9.53 Å². The van der Waals surface area contributed by atoms with Gasteiger partial charge in [0.2, 0.25) is 0 Å². The fraction of sp³-hybridized carbons (Fsp3) is 0.167. The normalized spacial score (nSPS) is 11.9. The Labute approximate surface area is 147 Å².